The fraction of sp³-hybridized carbons (Fsp3) is 0.769. The third kappa shape index (κ3) is 4.68. The molecule has 1 saturated heterocycles. The van der Waals surface area contributed by atoms with Crippen molar-refractivity contribution in [1.82, 2.24) is 5.32 Å². The molecule has 0 aromatic heterocycles. The fourth-order valence-electron chi connectivity index (χ4n) is 2.22. The molecule has 0 aromatic carbocycles. The molecule has 8 heteroatoms. The third-order valence-corrected chi connectivity index (χ3v) is 3.79. The fourth-order valence-corrected chi connectivity index (χ4v) is 2.22. The first kappa shape index (κ1) is 17.4. The summed E-state index contributed by atoms with van der Waals surface area (Å²) in [6.07, 6.45) is 0.814. The molecule has 0 spiro atoms. The van der Waals surface area contributed by atoms with Gasteiger partial charge in [0.1, 0.15) is 6.04 Å². The Labute approximate surface area is 123 Å². The predicted molar refractivity (Wildman–Crippen MR) is 72.4 cm³/mol. The van der Waals surface area contributed by atoms with Gasteiger partial charge in [-0.3, -0.25) is 9.59 Å². The van der Waals surface area contributed by atoms with E-state index in [2.05, 4.69) is 10.1 Å². The average molecular weight is 302 g/mol. The smallest absolute Gasteiger partial charge is 0.326 e. The van der Waals surface area contributed by atoms with Crippen LogP contribution in [-0.4, -0.2) is 55.9 Å². The van der Waals surface area contributed by atoms with Gasteiger partial charge < -0.3 is 25.6 Å². The maximum atomic E-state index is 12.4. The monoisotopic (exact) mass is 302 g/mol. The molecule has 1 amide bonds. The lowest BCUT2D eigenvalue weighted by atomic mass is 9.79. The highest BCUT2D eigenvalue weighted by Crippen LogP contribution is 2.29. The van der Waals surface area contributed by atoms with Crippen molar-refractivity contribution in [3.63, 3.8) is 0 Å². The molecule has 1 heterocycles. The van der Waals surface area contributed by atoms with Crippen molar-refractivity contribution in [2.24, 2.45) is 11.1 Å². The number of esters is 1. The normalized spacial score (nSPS) is 18.6. The van der Waals surface area contributed by atoms with Crippen LogP contribution in [0.5, 0.6) is 0 Å². The largest absolute Gasteiger partial charge is 0.480 e. The van der Waals surface area contributed by atoms with Crippen LogP contribution in [0, 0.1) is 5.41 Å². The van der Waals surface area contributed by atoms with Crippen LogP contribution in [0.25, 0.3) is 0 Å². The van der Waals surface area contributed by atoms with E-state index in [-0.39, 0.29) is 19.4 Å². The topological polar surface area (TPSA) is 128 Å². The van der Waals surface area contributed by atoms with Crippen LogP contribution in [0.1, 0.15) is 25.7 Å². The minimum Gasteiger partial charge on any atom is -0.480 e. The van der Waals surface area contributed by atoms with Crippen molar-refractivity contribution in [2.75, 3.05) is 26.9 Å². The summed E-state index contributed by atoms with van der Waals surface area (Å²) < 4.78 is 9.67. The number of aliphatic carboxylic acids is 1. The Hall–Kier alpha value is -1.67. The maximum Gasteiger partial charge on any atom is 0.326 e. The second-order valence-electron chi connectivity index (χ2n) is 5.08. The zero-order chi connectivity index (χ0) is 15.9. The number of hydrogen-bond donors (Lipinski definition) is 3. The molecule has 1 atom stereocenters. The summed E-state index contributed by atoms with van der Waals surface area (Å²) in [6, 6.07) is -1.14. The molecule has 0 unspecified atom stereocenters. The van der Waals surface area contributed by atoms with Crippen molar-refractivity contribution < 1.29 is 29.0 Å². The third-order valence-electron chi connectivity index (χ3n) is 3.79. The molecular formula is C13H22N2O6. The summed E-state index contributed by atoms with van der Waals surface area (Å²) in [4.78, 5) is 34.6. The zero-order valence-corrected chi connectivity index (χ0v) is 12.1. The van der Waals surface area contributed by atoms with Crippen LogP contribution in [0.15, 0.2) is 0 Å². The quantitative estimate of drug-likeness (QED) is 0.529. The highest BCUT2D eigenvalue weighted by Gasteiger charge is 2.40. The SMILES string of the molecule is COC(=O)CC[C@H](NC(=O)C1(CN)CCOCC1)C(=O)O. The molecule has 0 saturated carbocycles. The van der Waals surface area contributed by atoms with E-state index < -0.39 is 29.3 Å². The van der Waals surface area contributed by atoms with Crippen molar-refractivity contribution in [3.8, 4) is 0 Å². The molecule has 1 aliphatic rings. The highest BCUT2D eigenvalue weighted by atomic mass is 16.5. The standard InChI is InChI=1S/C13H22N2O6/c1-20-10(16)3-2-9(11(17)18)15-12(19)13(8-14)4-6-21-7-5-13/h9H,2-8,14H2,1H3,(H,15,19)(H,17,18)/t9-/m0/s1. The minimum atomic E-state index is -1.19. The van der Waals surface area contributed by atoms with Gasteiger partial charge in [0.15, 0.2) is 0 Å². The lowest BCUT2D eigenvalue weighted by Gasteiger charge is -2.35. The number of ether oxygens (including phenoxy) is 2. The van der Waals surface area contributed by atoms with Gasteiger partial charge in [0.25, 0.3) is 0 Å². The van der Waals surface area contributed by atoms with E-state index in [9.17, 15) is 14.4 Å². The Morgan fingerprint density at radius 1 is 1.38 bits per heavy atom. The Morgan fingerprint density at radius 2 is 2.00 bits per heavy atom. The van der Waals surface area contributed by atoms with Gasteiger partial charge in [-0.1, -0.05) is 0 Å². The second-order valence-corrected chi connectivity index (χ2v) is 5.08. The number of hydrogen-bond acceptors (Lipinski definition) is 6. The summed E-state index contributed by atoms with van der Waals surface area (Å²) in [5.74, 6) is -2.10. The van der Waals surface area contributed by atoms with E-state index in [4.69, 9.17) is 15.6 Å². The predicted octanol–water partition coefficient (Wildman–Crippen LogP) is -0.735. The van der Waals surface area contributed by atoms with Crippen molar-refractivity contribution in [2.45, 2.75) is 31.7 Å². The van der Waals surface area contributed by atoms with Gasteiger partial charge >= 0.3 is 11.9 Å². The van der Waals surface area contributed by atoms with Crippen LogP contribution in [0.3, 0.4) is 0 Å². The number of carbonyl (C=O) groups is 3. The van der Waals surface area contributed by atoms with E-state index in [0.29, 0.717) is 26.1 Å². The summed E-state index contributed by atoms with van der Waals surface area (Å²) in [5, 5.41) is 11.6. The maximum absolute atomic E-state index is 12.4. The number of carbonyl (C=O) groups excluding carboxylic acids is 2. The number of carboxylic acid groups (broad SMARTS) is 1. The molecular weight excluding hydrogens is 280 g/mol. The zero-order valence-electron chi connectivity index (χ0n) is 12.1. The first-order valence-corrected chi connectivity index (χ1v) is 6.83. The van der Waals surface area contributed by atoms with Crippen LogP contribution in [-0.2, 0) is 23.9 Å². The highest BCUT2D eigenvalue weighted by molar-refractivity contribution is 5.88. The van der Waals surface area contributed by atoms with Gasteiger partial charge in [0, 0.05) is 26.2 Å². The molecule has 120 valence electrons. The number of carboxylic acids is 1. The Kier molecular flexibility index (Phi) is 6.57. The van der Waals surface area contributed by atoms with Gasteiger partial charge in [-0.05, 0) is 19.3 Å². The molecule has 21 heavy (non-hydrogen) atoms. The van der Waals surface area contributed by atoms with E-state index in [1.54, 1.807) is 0 Å². The van der Waals surface area contributed by atoms with Crippen molar-refractivity contribution >= 4 is 17.8 Å². The van der Waals surface area contributed by atoms with Gasteiger partial charge in [-0.2, -0.15) is 0 Å². The van der Waals surface area contributed by atoms with E-state index in [0.717, 1.165) is 0 Å². The van der Waals surface area contributed by atoms with Gasteiger partial charge in [0.05, 0.1) is 12.5 Å². The van der Waals surface area contributed by atoms with Gasteiger partial charge in [-0.15, -0.1) is 0 Å². The first-order chi connectivity index (χ1) is 9.95. The lowest BCUT2D eigenvalue weighted by molar-refractivity contribution is -0.147. The molecule has 0 radical (unpaired) electrons. The van der Waals surface area contributed by atoms with Crippen LogP contribution < -0.4 is 11.1 Å². The first-order valence-electron chi connectivity index (χ1n) is 6.83. The molecule has 1 aliphatic heterocycles. The molecule has 8 nitrogen and oxygen atoms in total. The van der Waals surface area contributed by atoms with E-state index >= 15 is 0 Å². The molecule has 0 bridgehead atoms. The van der Waals surface area contributed by atoms with Crippen LogP contribution >= 0.6 is 0 Å². The molecule has 1 fully saturated rings. The van der Waals surface area contributed by atoms with E-state index in [1.165, 1.54) is 7.11 Å². The van der Waals surface area contributed by atoms with Crippen LogP contribution in [0.4, 0.5) is 0 Å². The molecule has 0 aromatic rings. The molecule has 0 aliphatic carbocycles. The Balaban J connectivity index is 2.66. The van der Waals surface area contributed by atoms with Gasteiger partial charge in [-0.25, -0.2) is 4.79 Å². The Morgan fingerprint density at radius 3 is 2.48 bits per heavy atom. The number of methoxy groups -OCH3 is 1. The Bertz CT molecular complexity index is 392. The second kappa shape index (κ2) is 7.94. The lowest BCUT2D eigenvalue weighted by Crippen LogP contribution is -2.53. The molecule has 1 rings (SSSR count). The number of rotatable bonds is 7. The number of amides is 1. The summed E-state index contributed by atoms with van der Waals surface area (Å²) in [6.45, 7) is 0.973. The molecule has 4 N–H and O–H groups in total. The average Bonchev–Trinajstić information content (AvgIpc) is 2.50. The number of nitrogens with one attached hydrogen (secondary N) is 1. The summed E-state index contributed by atoms with van der Waals surface area (Å²) in [7, 11) is 1.22. The van der Waals surface area contributed by atoms with Crippen LogP contribution in [0.2, 0.25) is 0 Å². The summed E-state index contributed by atoms with van der Waals surface area (Å²) >= 11 is 0. The van der Waals surface area contributed by atoms with Crippen molar-refractivity contribution in [3.05, 3.63) is 0 Å². The number of nitrogens with two attached hydrogens (primary N) is 1. The minimum absolute atomic E-state index is 0.0229. The van der Waals surface area contributed by atoms with Gasteiger partial charge in [0.2, 0.25) is 5.91 Å². The van der Waals surface area contributed by atoms with Crippen molar-refractivity contribution in [1.29, 1.82) is 0 Å². The van der Waals surface area contributed by atoms with E-state index in [1.807, 2.05) is 0 Å². The summed E-state index contributed by atoms with van der Waals surface area (Å²) in [5.41, 5.74) is 4.90.